The molecule has 0 atom stereocenters. The van der Waals surface area contributed by atoms with Crippen molar-refractivity contribution in [3.63, 3.8) is 0 Å². The number of halogens is 1. The fourth-order valence-corrected chi connectivity index (χ4v) is 7.85. The maximum absolute atomic E-state index is 10.0. The fraction of sp³-hybridized carbons (Fsp3) is 0. The van der Waals surface area contributed by atoms with Crippen molar-refractivity contribution in [1.82, 2.24) is 4.98 Å². The molecule has 158 valence electrons. The van der Waals surface area contributed by atoms with Crippen molar-refractivity contribution in [1.29, 1.82) is 5.26 Å². The molecule has 0 aliphatic rings. The van der Waals surface area contributed by atoms with Crippen LogP contribution in [0.3, 0.4) is 0 Å². The standard InChI is InChI=1S/C28H19ClN3P/c29-28-25(20-30)27(24-18-10-11-19-26(24)31-28)32-33(21-12-4-1-5-13-21,22-14-6-2-7-15-22)23-16-8-3-9-17-23/h1-19H. The number of benzene rings is 4. The molecule has 1 aromatic heterocycles. The Balaban J connectivity index is 2.03. The number of para-hydroxylation sites is 1. The Kier molecular flexibility index (Phi) is 5.80. The number of nitrogens with zero attached hydrogens (tertiary/aromatic N) is 3. The van der Waals surface area contributed by atoms with Crippen molar-refractivity contribution in [3.8, 4) is 6.07 Å². The minimum Gasteiger partial charge on any atom is -0.252 e. The summed E-state index contributed by atoms with van der Waals surface area (Å²) in [6.45, 7) is 0. The van der Waals surface area contributed by atoms with E-state index in [0.29, 0.717) is 16.8 Å². The van der Waals surface area contributed by atoms with E-state index >= 15 is 0 Å². The van der Waals surface area contributed by atoms with Gasteiger partial charge in [0, 0.05) is 21.3 Å². The summed E-state index contributed by atoms with van der Waals surface area (Å²) in [6, 6.07) is 40.9. The molecule has 0 fully saturated rings. The first-order valence-electron chi connectivity index (χ1n) is 10.5. The van der Waals surface area contributed by atoms with Gasteiger partial charge in [0.1, 0.15) is 16.8 Å². The van der Waals surface area contributed by atoms with Crippen LogP contribution in [0.25, 0.3) is 10.9 Å². The van der Waals surface area contributed by atoms with Crippen molar-refractivity contribution in [2.45, 2.75) is 0 Å². The van der Waals surface area contributed by atoms with E-state index in [1.54, 1.807) is 0 Å². The van der Waals surface area contributed by atoms with Crippen LogP contribution in [-0.4, -0.2) is 4.98 Å². The van der Waals surface area contributed by atoms with Gasteiger partial charge in [-0.25, -0.2) is 4.98 Å². The molecule has 5 heteroatoms. The van der Waals surface area contributed by atoms with E-state index in [-0.39, 0.29) is 5.15 Å². The molecule has 0 radical (unpaired) electrons. The number of rotatable bonds is 4. The number of hydrogen-bond donors (Lipinski definition) is 0. The lowest BCUT2D eigenvalue weighted by atomic mass is 10.1. The molecule has 0 N–H and O–H groups in total. The average molecular weight is 464 g/mol. The minimum absolute atomic E-state index is 0.169. The smallest absolute Gasteiger partial charge is 0.149 e. The fourth-order valence-electron chi connectivity index (χ4n) is 4.07. The number of aromatic nitrogens is 1. The number of nitriles is 1. The molecule has 0 amide bonds. The molecular weight excluding hydrogens is 445 g/mol. The predicted octanol–water partition coefficient (Wildman–Crippen LogP) is 6.57. The topological polar surface area (TPSA) is 49.0 Å². The zero-order valence-corrected chi connectivity index (χ0v) is 19.3. The minimum atomic E-state index is -2.55. The van der Waals surface area contributed by atoms with Crippen LogP contribution in [-0.2, 0) is 0 Å². The lowest BCUT2D eigenvalue weighted by Gasteiger charge is -2.27. The number of pyridine rings is 1. The molecule has 0 bridgehead atoms. The van der Waals surface area contributed by atoms with Gasteiger partial charge in [-0.1, -0.05) is 121 Å². The average Bonchev–Trinajstić information content (AvgIpc) is 2.88. The summed E-state index contributed by atoms with van der Waals surface area (Å²) in [7, 11) is -2.55. The normalized spacial score (nSPS) is 11.2. The monoisotopic (exact) mass is 463 g/mol. The summed E-state index contributed by atoms with van der Waals surface area (Å²) in [5.41, 5.74) is 1.59. The molecule has 5 aromatic rings. The van der Waals surface area contributed by atoms with Crippen molar-refractivity contribution >= 4 is 51.2 Å². The third-order valence-corrected chi connectivity index (χ3v) is 9.48. The summed E-state index contributed by atoms with van der Waals surface area (Å²) < 4.78 is 5.52. The molecule has 0 aliphatic carbocycles. The molecule has 3 nitrogen and oxygen atoms in total. The van der Waals surface area contributed by atoms with E-state index in [9.17, 15) is 5.26 Å². The first-order valence-corrected chi connectivity index (χ1v) is 12.6. The van der Waals surface area contributed by atoms with Crippen LogP contribution in [0.2, 0.25) is 5.15 Å². The third-order valence-electron chi connectivity index (χ3n) is 5.57. The molecular formula is C28H19ClN3P. The van der Waals surface area contributed by atoms with Gasteiger partial charge in [0.25, 0.3) is 0 Å². The second-order valence-electron chi connectivity index (χ2n) is 7.50. The van der Waals surface area contributed by atoms with Gasteiger partial charge in [-0.2, -0.15) is 5.26 Å². The Morgan fingerprint density at radius 1 is 0.667 bits per heavy atom. The van der Waals surface area contributed by atoms with Crippen LogP contribution < -0.4 is 15.9 Å². The summed E-state index contributed by atoms with van der Waals surface area (Å²) in [5, 5.41) is 14.3. The summed E-state index contributed by atoms with van der Waals surface area (Å²) in [6.07, 6.45) is 0. The van der Waals surface area contributed by atoms with Gasteiger partial charge < -0.3 is 0 Å². The van der Waals surface area contributed by atoms with Gasteiger partial charge in [-0.15, -0.1) is 0 Å². The van der Waals surface area contributed by atoms with Gasteiger partial charge in [-0.3, -0.25) is 4.74 Å². The maximum atomic E-state index is 10.0. The number of fused-ring (bicyclic) bond motifs is 1. The summed E-state index contributed by atoms with van der Waals surface area (Å²) in [5.74, 6) is 0. The van der Waals surface area contributed by atoms with Crippen LogP contribution in [0.1, 0.15) is 5.56 Å². The molecule has 4 aromatic carbocycles. The maximum Gasteiger partial charge on any atom is 0.149 e. The van der Waals surface area contributed by atoms with Gasteiger partial charge in [0.05, 0.1) is 18.3 Å². The lowest BCUT2D eigenvalue weighted by molar-refractivity contribution is 1.35. The van der Waals surface area contributed by atoms with Crippen LogP contribution in [0.15, 0.2) is 120 Å². The Labute approximate surface area is 198 Å². The second kappa shape index (κ2) is 9.04. The Hall–Kier alpha value is -3.70. The molecule has 0 spiro atoms. The first kappa shape index (κ1) is 21.2. The highest BCUT2D eigenvalue weighted by Gasteiger charge is 2.28. The van der Waals surface area contributed by atoms with E-state index in [1.165, 1.54) is 0 Å². The molecule has 0 saturated carbocycles. The second-order valence-corrected chi connectivity index (χ2v) is 10.9. The Morgan fingerprint density at radius 2 is 1.12 bits per heavy atom. The first-order chi connectivity index (χ1) is 16.2. The molecule has 1 heterocycles. The van der Waals surface area contributed by atoms with Crippen molar-refractivity contribution in [2.75, 3.05) is 0 Å². The van der Waals surface area contributed by atoms with Gasteiger partial charge in [0.2, 0.25) is 0 Å². The Morgan fingerprint density at radius 3 is 1.61 bits per heavy atom. The van der Waals surface area contributed by atoms with E-state index in [0.717, 1.165) is 21.3 Å². The van der Waals surface area contributed by atoms with Crippen LogP contribution in [0, 0.1) is 11.3 Å². The number of hydrogen-bond acceptors (Lipinski definition) is 3. The third kappa shape index (κ3) is 3.74. The molecule has 33 heavy (non-hydrogen) atoms. The largest absolute Gasteiger partial charge is 0.252 e. The molecule has 0 unspecified atom stereocenters. The van der Waals surface area contributed by atoms with Crippen molar-refractivity contribution in [3.05, 3.63) is 126 Å². The highest BCUT2D eigenvalue weighted by Crippen LogP contribution is 2.51. The summed E-state index contributed by atoms with van der Waals surface area (Å²) in [4.78, 5) is 4.45. The van der Waals surface area contributed by atoms with Crippen molar-refractivity contribution in [2.24, 2.45) is 4.74 Å². The molecule has 0 saturated heterocycles. The van der Waals surface area contributed by atoms with Gasteiger partial charge in [-0.05, 0) is 6.07 Å². The van der Waals surface area contributed by atoms with Crippen molar-refractivity contribution < 1.29 is 0 Å². The molecule has 5 rings (SSSR count). The zero-order chi connectivity index (χ0) is 22.7. The van der Waals surface area contributed by atoms with Crippen LogP contribution in [0.5, 0.6) is 0 Å². The SMILES string of the molecule is N#Cc1c(Cl)nc2ccccc2c1N=P(c1ccccc1)(c1ccccc1)c1ccccc1. The van der Waals surface area contributed by atoms with Crippen LogP contribution in [0.4, 0.5) is 5.69 Å². The van der Waals surface area contributed by atoms with E-state index < -0.39 is 7.05 Å². The highest BCUT2D eigenvalue weighted by atomic mass is 35.5. The quantitative estimate of drug-likeness (QED) is 0.223. The van der Waals surface area contributed by atoms with Gasteiger partial charge >= 0.3 is 0 Å². The highest BCUT2D eigenvalue weighted by molar-refractivity contribution is 7.87. The predicted molar refractivity (Wildman–Crippen MR) is 139 cm³/mol. The van der Waals surface area contributed by atoms with Crippen LogP contribution >= 0.6 is 18.7 Å². The van der Waals surface area contributed by atoms with E-state index in [1.807, 2.05) is 78.9 Å². The Bertz CT molecular complexity index is 1420. The van der Waals surface area contributed by atoms with E-state index in [4.69, 9.17) is 16.3 Å². The lowest BCUT2D eigenvalue weighted by Crippen LogP contribution is -2.25. The zero-order valence-electron chi connectivity index (χ0n) is 17.6. The summed E-state index contributed by atoms with van der Waals surface area (Å²) >= 11 is 6.49. The van der Waals surface area contributed by atoms with E-state index in [2.05, 4.69) is 47.5 Å². The van der Waals surface area contributed by atoms with Gasteiger partial charge in [0.15, 0.2) is 0 Å². The molecule has 0 aliphatic heterocycles.